The van der Waals surface area contributed by atoms with Gasteiger partial charge in [0.2, 0.25) is 15.9 Å². The normalized spacial score (nSPS) is 11.2. The van der Waals surface area contributed by atoms with Crippen LogP contribution in [0.3, 0.4) is 0 Å². The van der Waals surface area contributed by atoms with E-state index in [1.54, 1.807) is 36.4 Å². The van der Waals surface area contributed by atoms with Crippen LogP contribution in [0.5, 0.6) is 5.75 Å². The van der Waals surface area contributed by atoms with Gasteiger partial charge in [0, 0.05) is 11.1 Å². The van der Waals surface area contributed by atoms with Gasteiger partial charge in [0.05, 0.1) is 18.6 Å². The first-order valence-corrected chi connectivity index (χ1v) is 10.7. The molecule has 0 saturated heterocycles. The maximum absolute atomic E-state index is 12.5. The Balaban J connectivity index is 1.84. The molecule has 146 valence electrons. The molecule has 0 atom stereocenters. The number of rotatable bonds is 7. The third kappa shape index (κ3) is 4.61. The molecule has 28 heavy (non-hydrogen) atoms. The van der Waals surface area contributed by atoms with Gasteiger partial charge in [0.1, 0.15) is 12.3 Å². The minimum absolute atomic E-state index is 0.319. The largest absolute Gasteiger partial charge is 0.494 e. The average molecular weight is 398 g/mol. The highest BCUT2D eigenvalue weighted by Crippen LogP contribution is 2.28. The van der Waals surface area contributed by atoms with Gasteiger partial charge < -0.3 is 10.1 Å². The van der Waals surface area contributed by atoms with Gasteiger partial charge in [0.25, 0.3) is 0 Å². The van der Waals surface area contributed by atoms with E-state index in [0.717, 1.165) is 21.3 Å². The summed E-state index contributed by atoms with van der Waals surface area (Å²) in [5.41, 5.74) is 1.04. The zero-order chi connectivity index (χ0) is 20.1. The Morgan fingerprint density at radius 3 is 2.36 bits per heavy atom. The van der Waals surface area contributed by atoms with Crippen LogP contribution in [0, 0.1) is 0 Å². The van der Waals surface area contributed by atoms with E-state index < -0.39 is 15.9 Å². The molecule has 0 unspecified atom stereocenters. The van der Waals surface area contributed by atoms with E-state index >= 15 is 0 Å². The molecule has 0 fully saturated rings. The molecule has 0 aliphatic carbocycles. The number of anilines is 2. The van der Waals surface area contributed by atoms with Crippen molar-refractivity contribution < 1.29 is 17.9 Å². The Morgan fingerprint density at radius 1 is 1.00 bits per heavy atom. The number of hydrogen-bond acceptors (Lipinski definition) is 4. The van der Waals surface area contributed by atoms with Crippen LogP contribution in [0.15, 0.2) is 66.7 Å². The van der Waals surface area contributed by atoms with Crippen molar-refractivity contribution in [2.24, 2.45) is 0 Å². The zero-order valence-electron chi connectivity index (χ0n) is 15.8. The Morgan fingerprint density at radius 2 is 1.68 bits per heavy atom. The van der Waals surface area contributed by atoms with E-state index in [4.69, 9.17) is 4.74 Å². The Bertz CT molecular complexity index is 1070. The van der Waals surface area contributed by atoms with Crippen molar-refractivity contribution in [1.29, 1.82) is 0 Å². The minimum atomic E-state index is -3.66. The van der Waals surface area contributed by atoms with Gasteiger partial charge in [-0.1, -0.05) is 36.4 Å². The molecule has 0 aromatic heterocycles. The van der Waals surface area contributed by atoms with Crippen molar-refractivity contribution in [1.82, 2.24) is 0 Å². The second-order valence-corrected chi connectivity index (χ2v) is 8.18. The lowest BCUT2D eigenvalue weighted by molar-refractivity contribution is -0.114. The summed E-state index contributed by atoms with van der Waals surface area (Å²) in [6.45, 7) is 2.13. The molecule has 0 heterocycles. The molecule has 0 spiro atoms. The number of ether oxygens (including phenoxy) is 1. The SMILES string of the molecule is CCOc1ccc(NC(=O)CN(c2cccc3ccccc23)S(C)(=O)=O)cc1. The number of fused-ring (bicyclic) bond motifs is 1. The van der Waals surface area contributed by atoms with Crippen molar-refractivity contribution >= 4 is 38.1 Å². The standard InChI is InChI=1S/C21H22N2O4S/c1-3-27-18-13-11-17(12-14-18)22-21(24)15-23(28(2,25)26)20-10-6-8-16-7-4-5-9-19(16)20/h4-14H,3,15H2,1-2H3,(H,22,24). The molecule has 0 bridgehead atoms. The maximum atomic E-state index is 12.5. The minimum Gasteiger partial charge on any atom is -0.494 e. The lowest BCUT2D eigenvalue weighted by atomic mass is 10.1. The summed E-state index contributed by atoms with van der Waals surface area (Å²) in [5, 5.41) is 4.40. The Labute approximate surface area is 164 Å². The molecular formula is C21H22N2O4S. The summed E-state index contributed by atoms with van der Waals surface area (Å²) in [6.07, 6.45) is 1.10. The fraction of sp³-hybridized carbons (Fsp3) is 0.190. The van der Waals surface area contributed by atoms with Crippen molar-refractivity contribution in [3.8, 4) is 5.75 Å². The van der Waals surface area contributed by atoms with Crippen LogP contribution in [-0.4, -0.2) is 33.7 Å². The molecule has 0 radical (unpaired) electrons. The van der Waals surface area contributed by atoms with Crippen LogP contribution in [0.25, 0.3) is 10.8 Å². The van der Waals surface area contributed by atoms with Gasteiger partial charge in [-0.2, -0.15) is 0 Å². The number of hydrogen-bond donors (Lipinski definition) is 1. The molecule has 3 aromatic carbocycles. The number of carbonyl (C=O) groups is 1. The summed E-state index contributed by atoms with van der Waals surface area (Å²) >= 11 is 0. The summed E-state index contributed by atoms with van der Waals surface area (Å²) in [6, 6.07) is 19.8. The predicted molar refractivity (Wildman–Crippen MR) is 112 cm³/mol. The third-order valence-corrected chi connectivity index (χ3v) is 5.30. The molecule has 3 rings (SSSR count). The monoisotopic (exact) mass is 398 g/mol. The van der Waals surface area contributed by atoms with Crippen LogP contribution in [-0.2, 0) is 14.8 Å². The summed E-state index contributed by atoms with van der Waals surface area (Å²) in [4.78, 5) is 12.5. The fourth-order valence-electron chi connectivity index (χ4n) is 2.94. The molecule has 3 aromatic rings. The van der Waals surface area contributed by atoms with Gasteiger partial charge in [0.15, 0.2) is 0 Å². The lowest BCUT2D eigenvalue weighted by Gasteiger charge is -2.23. The van der Waals surface area contributed by atoms with Gasteiger partial charge in [-0.15, -0.1) is 0 Å². The Hall–Kier alpha value is -3.06. The number of benzene rings is 3. The second-order valence-electron chi connectivity index (χ2n) is 6.27. The number of carbonyl (C=O) groups excluding carboxylic acids is 1. The maximum Gasteiger partial charge on any atom is 0.245 e. The van der Waals surface area contributed by atoms with Crippen LogP contribution in [0.4, 0.5) is 11.4 Å². The molecule has 6 nitrogen and oxygen atoms in total. The molecular weight excluding hydrogens is 376 g/mol. The highest BCUT2D eigenvalue weighted by atomic mass is 32.2. The first-order valence-electron chi connectivity index (χ1n) is 8.86. The topological polar surface area (TPSA) is 75.7 Å². The average Bonchev–Trinajstić information content (AvgIpc) is 2.67. The van der Waals surface area contributed by atoms with Crippen molar-refractivity contribution in [3.05, 3.63) is 66.7 Å². The van der Waals surface area contributed by atoms with Crippen molar-refractivity contribution in [2.75, 3.05) is 29.0 Å². The van der Waals surface area contributed by atoms with Gasteiger partial charge >= 0.3 is 0 Å². The van der Waals surface area contributed by atoms with E-state index in [-0.39, 0.29) is 6.54 Å². The molecule has 0 saturated carbocycles. The summed E-state index contributed by atoms with van der Waals surface area (Å²) < 4.78 is 31.3. The first kappa shape index (κ1) is 19.7. The molecule has 0 aliphatic heterocycles. The van der Waals surface area contributed by atoms with Gasteiger partial charge in [-0.05, 0) is 42.6 Å². The predicted octanol–water partition coefficient (Wildman–Crippen LogP) is 3.64. The molecule has 0 aliphatic rings. The van der Waals surface area contributed by atoms with E-state index in [2.05, 4.69) is 5.32 Å². The number of sulfonamides is 1. The second kappa shape index (κ2) is 8.31. The van der Waals surface area contributed by atoms with Gasteiger partial charge in [-0.25, -0.2) is 8.42 Å². The van der Waals surface area contributed by atoms with Crippen molar-refractivity contribution in [2.45, 2.75) is 6.92 Å². The van der Waals surface area contributed by atoms with E-state index in [9.17, 15) is 13.2 Å². The highest BCUT2D eigenvalue weighted by Gasteiger charge is 2.22. The summed E-state index contributed by atoms with van der Waals surface area (Å²) in [5.74, 6) is 0.275. The van der Waals surface area contributed by atoms with Crippen LogP contribution < -0.4 is 14.4 Å². The smallest absolute Gasteiger partial charge is 0.245 e. The van der Waals surface area contributed by atoms with Crippen LogP contribution >= 0.6 is 0 Å². The van der Waals surface area contributed by atoms with Crippen molar-refractivity contribution in [3.63, 3.8) is 0 Å². The summed E-state index contributed by atoms with van der Waals surface area (Å²) in [7, 11) is -3.66. The van der Waals surface area contributed by atoms with Crippen LogP contribution in [0.2, 0.25) is 0 Å². The molecule has 1 N–H and O–H groups in total. The first-order chi connectivity index (χ1) is 13.4. The zero-order valence-corrected chi connectivity index (χ0v) is 16.6. The number of nitrogens with zero attached hydrogens (tertiary/aromatic N) is 1. The Kier molecular flexibility index (Phi) is 5.84. The molecule has 7 heteroatoms. The van der Waals surface area contributed by atoms with E-state index in [0.29, 0.717) is 23.7 Å². The number of amides is 1. The highest BCUT2D eigenvalue weighted by molar-refractivity contribution is 7.92. The lowest BCUT2D eigenvalue weighted by Crippen LogP contribution is -2.37. The van der Waals surface area contributed by atoms with Crippen LogP contribution in [0.1, 0.15) is 6.92 Å². The third-order valence-electron chi connectivity index (χ3n) is 4.17. The molecule has 1 amide bonds. The van der Waals surface area contributed by atoms with Gasteiger partial charge in [-0.3, -0.25) is 9.10 Å². The van der Waals surface area contributed by atoms with E-state index in [1.165, 1.54) is 0 Å². The number of nitrogens with one attached hydrogen (secondary N) is 1. The quantitative estimate of drug-likeness (QED) is 0.659. The fourth-order valence-corrected chi connectivity index (χ4v) is 3.81. The van der Waals surface area contributed by atoms with E-state index in [1.807, 2.05) is 37.3 Å².